The molecule has 4 nitrogen and oxygen atoms in total. The molecule has 0 bridgehead atoms. The van der Waals surface area contributed by atoms with Gasteiger partial charge < -0.3 is 9.84 Å². The summed E-state index contributed by atoms with van der Waals surface area (Å²) >= 11 is 0. The second kappa shape index (κ2) is 4.61. The van der Waals surface area contributed by atoms with E-state index in [1.807, 2.05) is 6.92 Å². The number of hydrogen-bond donors (Lipinski definition) is 1. The SMILES string of the molecule is CC(Oc1cccc(O)c1)c1cnccn1. The number of nitrogens with zero attached hydrogens (tertiary/aromatic N) is 2. The third kappa shape index (κ3) is 2.48. The Labute approximate surface area is 93.6 Å². The fourth-order valence-electron chi connectivity index (χ4n) is 1.34. The summed E-state index contributed by atoms with van der Waals surface area (Å²) in [7, 11) is 0. The Hall–Kier alpha value is -2.10. The van der Waals surface area contributed by atoms with Crippen LogP contribution in [0.15, 0.2) is 42.9 Å². The number of aromatic hydroxyl groups is 1. The predicted molar refractivity (Wildman–Crippen MR) is 59.2 cm³/mol. The summed E-state index contributed by atoms with van der Waals surface area (Å²) in [6.07, 6.45) is 4.70. The van der Waals surface area contributed by atoms with E-state index in [1.165, 1.54) is 0 Å². The van der Waals surface area contributed by atoms with Gasteiger partial charge in [0.05, 0.1) is 11.9 Å². The number of rotatable bonds is 3. The molecule has 0 aliphatic rings. The maximum absolute atomic E-state index is 9.29. The van der Waals surface area contributed by atoms with Gasteiger partial charge in [0, 0.05) is 18.5 Å². The van der Waals surface area contributed by atoms with Gasteiger partial charge in [0.25, 0.3) is 0 Å². The summed E-state index contributed by atoms with van der Waals surface area (Å²) in [5, 5.41) is 9.29. The number of phenolic OH excluding ortho intramolecular Hbond substituents is 1. The van der Waals surface area contributed by atoms with Gasteiger partial charge in [-0.2, -0.15) is 0 Å². The minimum atomic E-state index is -0.199. The van der Waals surface area contributed by atoms with E-state index < -0.39 is 0 Å². The van der Waals surface area contributed by atoms with Gasteiger partial charge in [0.15, 0.2) is 0 Å². The van der Waals surface area contributed by atoms with Crippen LogP contribution in [-0.2, 0) is 0 Å². The number of aromatic nitrogens is 2. The normalized spacial score (nSPS) is 12.1. The van der Waals surface area contributed by atoms with Gasteiger partial charge in [-0.1, -0.05) is 6.07 Å². The predicted octanol–water partition coefficient (Wildman–Crippen LogP) is 2.32. The monoisotopic (exact) mass is 216 g/mol. The number of phenols is 1. The van der Waals surface area contributed by atoms with Crippen molar-refractivity contribution in [3.05, 3.63) is 48.5 Å². The van der Waals surface area contributed by atoms with E-state index in [4.69, 9.17) is 4.74 Å². The molecule has 1 N–H and O–H groups in total. The van der Waals surface area contributed by atoms with Crippen LogP contribution >= 0.6 is 0 Å². The molecule has 0 amide bonds. The largest absolute Gasteiger partial charge is 0.508 e. The van der Waals surface area contributed by atoms with Crippen LogP contribution in [0.4, 0.5) is 0 Å². The van der Waals surface area contributed by atoms with E-state index in [1.54, 1.807) is 42.9 Å². The summed E-state index contributed by atoms with van der Waals surface area (Å²) in [6, 6.07) is 6.67. The molecular formula is C12H12N2O2. The lowest BCUT2D eigenvalue weighted by atomic mass is 10.3. The van der Waals surface area contributed by atoms with Crippen LogP contribution in [0.2, 0.25) is 0 Å². The molecule has 0 fully saturated rings. The van der Waals surface area contributed by atoms with Crippen molar-refractivity contribution in [2.75, 3.05) is 0 Å². The van der Waals surface area contributed by atoms with Crippen molar-refractivity contribution in [2.24, 2.45) is 0 Å². The Morgan fingerprint density at radius 2 is 2.19 bits per heavy atom. The molecule has 16 heavy (non-hydrogen) atoms. The van der Waals surface area contributed by atoms with Crippen molar-refractivity contribution in [2.45, 2.75) is 13.0 Å². The van der Waals surface area contributed by atoms with Crippen molar-refractivity contribution in [1.82, 2.24) is 9.97 Å². The molecule has 1 unspecified atom stereocenters. The van der Waals surface area contributed by atoms with E-state index in [-0.39, 0.29) is 11.9 Å². The molecule has 0 radical (unpaired) electrons. The van der Waals surface area contributed by atoms with Crippen LogP contribution in [0.5, 0.6) is 11.5 Å². The highest BCUT2D eigenvalue weighted by Crippen LogP contribution is 2.23. The van der Waals surface area contributed by atoms with Gasteiger partial charge in [-0.15, -0.1) is 0 Å². The third-order valence-electron chi connectivity index (χ3n) is 2.13. The van der Waals surface area contributed by atoms with E-state index >= 15 is 0 Å². The minimum absolute atomic E-state index is 0.184. The maximum Gasteiger partial charge on any atom is 0.139 e. The molecule has 2 aromatic rings. The Morgan fingerprint density at radius 3 is 2.88 bits per heavy atom. The molecule has 0 saturated heterocycles. The molecule has 1 aromatic heterocycles. The van der Waals surface area contributed by atoms with Gasteiger partial charge in [-0.05, 0) is 19.1 Å². The lowest BCUT2D eigenvalue weighted by molar-refractivity contribution is 0.220. The first kappa shape index (κ1) is 10.4. The van der Waals surface area contributed by atoms with Crippen LogP contribution in [0.25, 0.3) is 0 Å². The summed E-state index contributed by atoms with van der Waals surface area (Å²) in [6.45, 7) is 1.88. The Balaban J connectivity index is 2.11. The molecule has 0 spiro atoms. The smallest absolute Gasteiger partial charge is 0.139 e. The third-order valence-corrected chi connectivity index (χ3v) is 2.13. The molecule has 0 aliphatic heterocycles. The summed E-state index contributed by atoms with van der Waals surface area (Å²) in [4.78, 5) is 8.12. The highest BCUT2D eigenvalue weighted by Gasteiger charge is 2.08. The zero-order valence-corrected chi connectivity index (χ0v) is 8.87. The van der Waals surface area contributed by atoms with Gasteiger partial charge in [0.2, 0.25) is 0 Å². The quantitative estimate of drug-likeness (QED) is 0.855. The van der Waals surface area contributed by atoms with E-state index in [0.717, 1.165) is 5.69 Å². The zero-order valence-electron chi connectivity index (χ0n) is 8.87. The van der Waals surface area contributed by atoms with Crippen LogP contribution in [0.3, 0.4) is 0 Å². The van der Waals surface area contributed by atoms with Gasteiger partial charge in [0.1, 0.15) is 17.6 Å². The molecular weight excluding hydrogens is 204 g/mol. The Morgan fingerprint density at radius 1 is 1.31 bits per heavy atom. The van der Waals surface area contributed by atoms with E-state index in [0.29, 0.717) is 5.75 Å². The van der Waals surface area contributed by atoms with Crippen LogP contribution < -0.4 is 4.74 Å². The van der Waals surface area contributed by atoms with Crippen LogP contribution in [0.1, 0.15) is 18.7 Å². The Bertz CT molecular complexity index is 460. The highest BCUT2D eigenvalue weighted by molar-refractivity contribution is 5.32. The first-order valence-electron chi connectivity index (χ1n) is 4.97. The molecule has 1 atom stereocenters. The number of hydrogen-bond acceptors (Lipinski definition) is 4. The van der Waals surface area contributed by atoms with Crippen molar-refractivity contribution >= 4 is 0 Å². The van der Waals surface area contributed by atoms with Crippen molar-refractivity contribution < 1.29 is 9.84 Å². The maximum atomic E-state index is 9.29. The highest BCUT2D eigenvalue weighted by atomic mass is 16.5. The van der Waals surface area contributed by atoms with Gasteiger partial charge in [-0.3, -0.25) is 9.97 Å². The zero-order chi connectivity index (χ0) is 11.4. The second-order valence-corrected chi connectivity index (χ2v) is 3.39. The lowest BCUT2D eigenvalue weighted by Crippen LogP contribution is -2.05. The fourth-order valence-corrected chi connectivity index (χ4v) is 1.34. The van der Waals surface area contributed by atoms with E-state index in [2.05, 4.69) is 9.97 Å². The molecule has 2 rings (SSSR count). The van der Waals surface area contributed by atoms with Crippen LogP contribution in [0, 0.1) is 0 Å². The average Bonchev–Trinajstić information content (AvgIpc) is 2.30. The lowest BCUT2D eigenvalue weighted by Gasteiger charge is -2.13. The molecule has 1 aromatic carbocycles. The average molecular weight is 216 g/mol. The summed E-state index contributed by atoms with van der Waals surface area (Å²) in [5.41, 5.74) is 0.755. The van der Waals surface area contributed by atoms with Crippen LogP contribution in [-0.4, -0.2) is 15.1 Å². The van der Waals surface area contributed by atoms with Crippen molar-refractivity contribution in [3.63, 3.8) is 0 Å². The second-order valence-electron chi connectivity index (χ2n) is 3.39. The Kier molecular flexibility index (Phi) is 3.00. The van der Waals surface area contributed by atoms with Crippen molar-refractivity contribution in [1.29, 1.82) is 0 Å². The molecule has 4 heteroatoms. The van der Waals surface area contributed by atoms with Crippen molar-refractivity contribution in [3.8, 4) is 11.5 Å². The van der Waals surface area contributed by atoms with E-state index in [9.17, 15) is 5.11 Å². The first-order chi connectivity index (χ1) is 7.75. The molecule has 0 saturated carbocycles. The number of benzene rings is 1. The standard InChI is InChI=1S/C12H12N2O2/c1-9(12-8-13-5-6-14-12)16-11-4-2-3-10(15)7-11/h2-9,15H,1H3. The molecule has 0 aliphatic carbocycles. The minimum Gasteiger partial charge on any atom is -0.508 e. The summed E-state index contributed by atoms with van der Waals surface area (Å²) in [5.74, 6) is 0.794. The molecule has 1 heterocycles. The summed E-state index contributed by atoms with van der Waals surface area (Å²) < 4.78 is 5.62. The van der Waals surface area contributed by atoms with Gasteiger partial charge in [-0.25, -0.2) is 0 Å². The molecule has 82 valence electrons. The first-order valence-corrected chi connectivity index (χ1v) is 4.97. The fraction of sp³-hybridized carbons (Fsp3) is 0.167. The number of ether oxygens (including phenoxy) is 1. The van der Waals surface area contributed by atoms with Gasteiger partial charge >= 0.3 is 0 Å². The topological polar surface area (TPSA) is 55.2 Å².